The van der Waals surface area contributed by atoms with E-state index < -0.39 is 6.09 Å². The molecule has 6 nitrogen and oxygen atoms in total. The molecule has 1 rings (SSSR count). The molecule has 1 N–H and O–H groups in total. The summed E-state index contributed by atoms with van der Waals surface area (Å²) < 4.78 is 1.39. The SMILES string of the molecule is CS/C(C)=N/OC(=O)NCSN(C)C(=O)c1ccccc1Cl. The van der Waals surface area contributed by atoms with Gasteiger partial charge in [0.25, 0.3) is 5.91 Å². The maximum absolute atomic E-state index is 12.1. The van der Waals surface area contributed by atoms with Crippen LogP contribution in [0.5, 0.6) is 0 Å². The number of thioether (sulfide) groups is 1. The molecule has 0 saturated carbocycles. The second-order valence-electron chi connectivity index (χ2n) is 3.93. The van der Waals surface area contributed by atoms with Crippen molar-refractivity contribution in [2.45, 2.75) is 6.92 Å². The summed E-state index contributed by atoms with van der Waals surface area (Å²) >= 11 is 8.46. The number of hydrogen-bond acceptors (Lipinski definition) is 6. The normalized spacial score (nSPS) is 11.0. The van der Waals surface area contributed by atoms with E-state index in [1.54, 1.807) is 38.2 Å². The third-order valence-electron chi connectivity index (χ3n) is 2.42. The summed E-state index contributed by atoms with van der Waals surface area (Å²) in [6.07, 6.45) is 1.14. The minimum Gasteiger partial charge on any atom is -0.309 e. The average molecular weight is 362 g/mol. The molecule has 1 aromatic carbocycles. The number of oxime groups is 1. The van der Waals surface area contributed by atoms with Gasteiger partial charge >= 0.3 is 6.09 Å². The van der Waals surface area contributed by atoms with Crippen LogP contribution in [0, 0.1) is 0 Å². The summed E-state index contributed by atoms with van der Waals surface area (Å²) in [6.45, 7) is 1.72. The molecule has 0 unspecified atom stereocenters. The van der Waals surface area contributed by atoms with Gasteiger partial charge in [-0.2, -0.15) is 0 Å². The van der Waals surface area contributed by atoms with E-state index >= 15 is 0 Å². The molecule has 0 heterocycles. The van der Waals surface area contributed by atoms with Crippen molar-refractivity contribution in [3.63, 3.8) is 0 Å². The van der Waals surface area contributed by atoms with Gasteiger partial charge in [0.05, 0.1) is 16.5 Å². The van der Waals surface area contributed by atoms with Gasteiger partial charge in [0.1, 0.15) is 5.04 Å². The largest absolute Gasteiger partial charge is 0.434 e. The Balaban J connectivity index is 2.40. The van der Waals surface area contributed by atoms with Crippen LogP contribution in [-0.4, -0.2) is 40.5 Å². The Hall–Kier alpha value is -1.38. The molecule has 120 valence electrons. The van der Waals surface area contributed by atoms with Crippen molar-refractivity contribution >= 4 is 52.4 Å². The predicted octanol–water partition coefficient (Wildman–Crippen LogP) is 3.44. The number of carbonyl (C=O) groups is 2. The topological polar surface area (TPSA) is 71.0 Å². The zero-order valence-electron chi connectivity index (χ0n) is 12.3. The van der Waals surface area contributed by atoms with Crippen molar-refractivity contribution in [2.24, 2.45) is 5.16 Å². The third kappa shape index (κ3) is 6.17. The Morgan fingerprint density at radius 3 is 2.73 bits per heavy atom. The van der Waals surface area contributed by atoms with E-state index in [1.165, 1.54) is 16.1 Å². The number of rotatable bonds is 5. The highest BCUT2D eigenvalue weighted by Gasteiger charge is 2.15. The molecular weight excluding hydrogens is 346 g/mol. The van der Waals surface area contributed by atoms with Crippen LogP contribution >= 0.6 is 35.3 Å². The molecule has 1 aromatic rings. The Morgan fingerprint density at radius 2 is 2.09 bits per heavy atom. The van der Waals surface area contributed by atoms with Gasteiger partial charge in [-0.25, -0.2) is 4.79 Å². The summed E-state index contributed by atoms with van der Waals surface area (Å²) in [4.78, 5) is 28.1. The molecule has 22 heavy (non-hydrogen) atoms. The van der Waals surface area contributed by atoms with Gasteiger partial charge in [-0.1, -0.05) is 28.9 Å². The van der Waals surface area contributed by atoms with Crippen molar-refractivity contribution in [3.8, 4) is 0 Å². The fraction of sp³-hybridized carbons (Fsp3) is 0.308. The Labute approximate surface area is 142 Å². The Kier molecular flexibility index (Phi) is 8.15. The molecule has 0 saturated heterocycles. The predicted molar refractivity (Wildman–Crippen MR) is 92.2 cm³/mol. The maximum atomic E-state index is 12.1. The average Bonchev–Trinajstić information content (AvgIpc) is 2.52. The fourth-order valence-electron chi connectivity index (χ4n) is 1.23. The van der Waals surface area contributed by atoms with Gasteiger partial charge in [-0.3, -0.25) is 13.9 Å². The zero-order valence-corrected chi connectivity index (χ0v) is 14.7. The van der Waals surface area contributed by atoms with E-state index in [9.17, 15) is 9.59 Å². The molecule has 2 amide bonds. The van der Waals surface area contributed by atoms with E-state index in [4.69, 9.17) is 11.6 Å². The Bertz CT molecular complexity index is 569. The number of nitrogens with one attached hydrogen (secondary N) is 1. The van der Waals surface area contributed by atoms with E-state index in [0.29, 0.717) is 15.6 Å². The maximum Gasteiger partial charge on any atom is 0.434 e. The number of halogens is 1. The van der Waals surface area contributed by atoms with E-state index in [1.807, 2.05) is 6.26 Å². The molecule has 0 aliphatic rings. The smallest absolute Gasteiger partial charge is 0.309 e. The first-order chi connectivity index (χ1) is 10.5. The minimum atomic E-state index is -0.681. The third-order valence-corrected chi connectivity index (χ3v) is 4.24. The summed E-state index contributed by atoms with van der Waals surface area (Å²) in [7, 11) is 1.60. The van der Waals surface area contributed by atoms with Gasteiger partial charge in [0, 0.05) is 7.05 Å². The summed E-state index contributed by atoms with van der Waals surface area (Å²) in [5.41, 5.74) is 0.405. The molecular formula is C13H16ClN3O3S2. The number of nitrogens with zero attached hydrogens (tertiary/aromatic N) is 2. The van der Waals surface area contributed by atoms with Crippen molar-refractivity contribution < 1.29 is 14.4 Å². The molecule has 0 radical (unpaired) electrons. The van der Waals surface area contributed by atoms with Crippen LogP contribution in [0.3, 0.4) is 0 Å². The second kappa shape index (κ2) is 9.60. The number of hydrogen-bond donors (Lipinski definition) is 1. The molecule has 0 aliphatic heterocycles. The van der Waals surface area contributed by atoms with E-state index in [0.717, 1.165) is 11.9 Å². The summed E-state index contributed by atoms with van der Waals surface area (Å²) in [5, 5.41) is 7.08. The monoisotopic (exact) mass is 361 g/mol. The molecule has 0 bridgehead atoms. The molecule has 0 aromatic heterocycles. The van der Waals surface area contributed by atoms with Crippen molar-refractivity contribution in [3.05, 3.63) is 34.9 Å². The lowest BCUT2D eigenvalue weighted by Crippen LogP contribution is -2.27. The van der Waals surface area contributed by atoms with Crippen molar-refractivity contribution in [1.29, 1.82) is 0 Å². The van der Waals surface area contributed by atoms with Crippen LogP contribution in [0.25, 0.3) is 0 Å². The summed E-state index contributed by atoms with van der Waals surface area (Å²) in [5.74, 6) is -0.0821. The van der Waals surface area contributed by atoms with Crippen LogP contribution in [0.15, 0.2) is 29.4 Å². The lowest BCUT2D eigenvalue weighted by molar-refractivity contribution is 0.0891. The summed E-state index contributed by atoms with van der Waals surface area (Å²) in [6, 6.07) is 6.78. The molecule has 0 spiro atoms. The van der Waals surface area contributed by atoms with Crippen LogP contribution in [-0.2, 0) is 4.84 Å². The molecule has 0 aliphatic carbocycles. The van der Waals surface area contributed by atoms with Crippen LogP contribution in [0.1, 0.15) is 17.3 Å². The van der Waals surface area contributed by atoms with Crippen molar-refractivity contribution in [2.75, 3.05) is 19.2 Å². The van der Waals surface area contributed by atoms with E-state index in [2.05, 4.69) is 15.3 Å². The fourth-order valence-corrected chi connectivity index (χ4v) is 2.15. The standard InChI is InChI=1S/C13H16ClN3O3S2/c1-9(21-3)16-20-13(19)15-8-22-17(2)12(18)10-6-4-5-7-11(10)14/h4-7H,8H2,1-3H3,(H,15,19)/b16-9+. The molecule has 9 heteroatoms. The number of carbonyl (C=O) groups excluding carboxylic acids is 2. The molecule has 0 atom stereocenters. The van der Waals surface area contributed by atoms with Crippen LogP contribution in [0.2, 0.25) is 5.02 Å². The second-order valence-corrected chi connectivity index (χ2v) is 6.43. The first kappa shape index (κ1) is 18.7. The molecule has 0 fully saturated rings. The van der Waals surface area contributed by atoms with Gasteiger partial charge in [-0.05, 0) is 37.3 Å². The lowest BCUT2D eigenvalue weighted by atomic mass is 10.2. The van der Waals surface area contributed by atoms with Gasteiger partial charge < -0.3 is 5.32 Å². The van der Waals surface area contributed by atoms with Crippen LogP contribution < -0.4 is 5.32 Å². The van der Waals surface area contributed by atoms with Gasteiger partial charge in [0.15, 0.2) is 0 Å². The number of amides is 2. The van der Waals surface area contributed by atoms with E-state index in [-0.39, 0.29) is 11.8 Å². The quantitative estimate of drug-likeness (QED) is 0.217. The number of benzene rings is 1. The lowest BCUT2D eigenvalue weighted by Gasteiger charge is -2.16. The highest BCUT2D eigenvalue weighted by Crippen LogP contribution is 2.19. The highest BCUT2D eigenvalue weighted by molar-refractivity contribution is 8.13. The van der Waals surface area contributed by atoms with Crippen molar-refractivity contribution in [1.82, 2.24) is 9.62 Å². The first-order valence-corrected chi connectivity index (χ1v) is 8.69. The van der Waals surface area contributed by atoms with Crippen LogP contribution in [0.4, 0.5) is 4.79 Å². The zero-order chi connectivity index (χ0) is 16.5. The van der Waals surface area contributed by atoms with Gasteiger partial charge in [-0.15, -0.1) is 11.8 Å². The first-order valence-electron chi connectivity index (χ1n) is 6.14. The minimum absolute atomic E-state index is 0.166. The highest BCUT2D eigenvalue weighted by atomic mass is 35.5. The van der Waals surface area contributed by atoms with Gasteiger partial charge in [0.2, 0.25) is 0 Å². The Morgan fingerprint density at radius 1 is 1.41 bits per heavy atom.